The van der Waals surface area contributed by atoms with E-state index in [4.69, 9.17) is 18.0 Å². The minimum absolute atomic E-state index is 0.441. The van der Waals surface area contributed by atoms with Gasteiger partial charge in [0.1, 0.15) is 4.99 Å². The average Bonchev–Trinajstić information content (AvgIpc) is 2.39. The lowest BCUT2D eigenvalue weighted by molar-refractivity contribution is 0.595. The van der Waals surface area contributed by atoms with Crippen LogP contribution in [0.4, 0.5) is 5.69 Å². The SMILES string of the molecule is CCCCN(c1ccc(C(N)=S)cc1Br)C(C)CC. The lowest BCUT2D eigenvalue weighted by Crippen LogP contribution is -2.33. The number of hydrogen-bond donors (Lipinski definition) is 1. The first-order valence-corrected chi connectivity index (χ1v) is 8.07. The molecule has 1 aromatic carbocycles. The highest BCUT2D eigenvalue weighted by molar-refractivity contribution is 9.10. The molecule has 2 nitrogen and oxygen atoms in total. The molecule has 0 radical (unpaired) electrons. The maximum Gasteiger partial charge on any atom is 0.104 e. The average molecular weight is 343 g/mol. The number of nitrogens with zero attached hydrogens (tertiary/aromatic N) is 1. The molecule has 1 unspecified atom stereocenters. The topological polar surface area (TPSA) is 29.3 Å². The van der Waals surface area contributed by atoms with E-state index in [-0.39, 0.29) is 0 Å². The van der Waals surface area contributed by atoms with E-state index in [1.165, 1.54) is 18.5 Å². The lowest BCUT2D eigenvalue weighted by Gasteiger charge is -2.32. The first kappa shape index (κ1) is 16.4. The van der Waals surface area contributed by atoms with Gasteiger partial charge in [-0.2, -0.15) is 0 Å². The maximum absolute atomic E-state index is 5.67. The van der Waals surface area contributed by atoms with Crippen molar-refractivity contribution >= 4 is 38.8 Å². The molecule has 1 aromatic rings. The van der Waals surface area contributed by atoms with Gasteiger partial charge in [0.2, 0.25) is 0 Å². The molecule has 0 bridgehead atoms. The van der Waals surface area contributed by atoms with Crippen molar-refractivity contribution in [1.82, 2.24) is 0 Å². The van der Waals surface area contributed by atoms with Crippen LogP contribution >= 0.6 is 28.1 Å². The Labute approximate surface area is 130 Å². The zero-order valence-corrected chi connectivity index (χ0v) is 14.4. The summed E-state index contributed by atoms with van der Waals surface area (Å²) in [6.45, 7) is 7.79. The van der Waals surface area contributed by atoms with Gasteiger partial charge in [-0.05, 0) is 53.9 Å². The number of anilines is 1. The molecule has 0 amide bonds. The Balaban J connectivity index is 3.04. The normalized spacial score (nSPS) is 12.2. The molecule has 19 heavy (non-hydrogen) atoms. The Morgan fingerprint density at radius 3 is 2.58 bits per heavy atom. The molecule has 4 heteroatoms. The summed E-state index contributed by atoms with van der Waals surface area (Å²) < 4.78 is 1.06. The van der Waals surface area contributed by atoms with Gasteiger partial charge < -0.3 is 10.6 Å². The number of hydrogen-bond acceptors (Lipinski definition) is 2. The maximum atomic E-state index is 5.67. The van der Waals surface area contributed by atoms with Crippen LogP contribution in [0.1, 0.15) is 45.6 Å². The molecular weight excluding hydrogens is 320 g/mol. The molecule has 0 aliphatic heterocycles. The Kier molecular flexibility index (Phi) is 6.80. The third-order valence-electron chi connectivity index (χ3n) is 3.42. The van der Waals surface area contributed by atoms with Gasteiger partial charge in [0.05, 0.1) is 5.69 Å². The van der Waals surface area contributed by atoms with Crippen molar-refractivity contribution in [2.75, 3.05) is 11.4 Å². The van der Waals surface area contributed by atoms with Gasteiger partial charge >= 0.3 is 0 Å². The summed E-state index contributed by atoms with van der Waals surface area (Å²) >= 11 is 8.67. The summed E-state index contributed by atoms with van der Waals surface area (Å²) in [4.78, 5) is 2.90. The molecule has 1 atom stereocenters. The van der Waals surface area contributed by atoms with Crippen LogP contribution in [0.3, 0.4) is 0 Å². The van der Waals surface area contributed by atoms with Crippen molar-refractivity contribution in [3.8, 4) is 0 Å². The summed E-state index contributed by atoms with van der Waals surface area (Å²) in [5.41, 5.74) is 7.80. The molecule has 0 spiro atoms. The number of thiocarbonyl (C=S) groups is 1. The summed E-state index contributed by atoms with van der Waals surface area (Å²) in [6.07, 6.45) is 3.54. The van der Waals surface area contributed by atoms with Crippen LogP contribution in [-0.2, 0) is 0 Å². The first-order chi connectivity index (χ1) is 9.01. The predicted octanol–water partition coefficient (Wildman–Crippen LogP) is 4.49. The van der Waals surface area contributed by atoms with Gasteiger partial charge in [-0.25, -0.2) is 0 Å². The van der Waals surface area contributed by atoms with E-state index < -0.39 is 0 Å². The largest absolute Gasteiger partial charge is 0.389 e. The highest BCUT2D eigenvalue weighted by Gasteiger charge is 2.15. The number of rotatable bonds is 7. The van der Waals surface area contributed by atoms with E-state index in [0.29, 0.717) is 11.0 Å². The molecule has 0 saturated heterocycles. The lowest BCUT2D eigenvalue weighted by atomic mass is 10.1. The van der Waals surface area contributed by atoms with E-state index in [0.717, 1.165) is 23.0 Å². The fraction of sp³-hybridized carbons (Fsp3) is 0.533. The molecular formula is C15H23BrN2S. The van der Waals surface area contributed by atoms with Crippen molar-refractivity contribution in [3.63, 3.8) is 0 Å². The summed E-state index contributed by atoms with van der Waals surface area (Å²) in [7, 11) is 0. The van der Waals surface area contributed by atoms with Gasteiger partial charge in [0, 0.05) is 22.6 Å². The van der Waals surface area contributed by atoms with Crippen LogP contribution in [0.25, 0.3) is 0 Å². The second-order valence-electron chi connectivity index (χ2n) is 4.83. The van der Waals surface area contributed by atoms with Crippen LogP contribution < -0.4 is 10.6 Å². The molecule has 0 aliphatic rings. The van der Waals surface area contributed by atoms with Gasteiger partial charge in [-0.3, -0.25) is 0 Å². The molecule has 106 valence electrons. The van der Waals surface area contributed by atoms with Crippen molar-refractivity contribution in [3.05, 3.63) is 28.2 Å². The van der Waals surface area contributed by atoms with Crippen LogP contribution in [0.2, 0.25) is 0 Å². The fourth-order valence-corrected chi connectivity index (χ4v) is 2.75. The second kappa shape index (κ2) is 7.85. The molecule has 0 aliphatic carbocycles. The zero-order valence-electron chi connectivity index (χ0n) is 11.9. The Hall–Kier alpha value is -0.610. The minimum Gasteiger partial charge on any atom is -0.389 e. The predicted molar refractivity (Wildman–Crippen MR) is 92.0 cm³/mol. The van der Waals surface area contributed by atoms with Gasteiger partial charge in [-0.1, -0.05) is 32.5 Å². The zero-order chi connectivity index (χ0) is 14.4. The van der Waals surface area contributed by atoms with Gasteiger partial charge in [-0.15, -0.1) is 0 Å². The third-order valence-corrected chi connectivity index (χ3v) is 4.29. The van der Waals surface area contributed by atoms with E-state index in [9.17, 15) is 0 Å². The van der Waals surface area contributed by atoms with Crippen LogP contribution in [0, 0.1) is 0 Å². The highest BCUT2D eigenvalue weighted by atomic mass is 79.9. The third kappa shape index (κ3) is 4.46. The van der Waals surface area contributed by atoms with Gasteiger partial charge in [0.25, 0.3) is 0 Å². The number of halogens is 1. The van der Waals surface area contributed by atoms with Crippen molar-refractivity contribution in [1.29, 1.82) is 0 Å². The monoisotopic (exact) mass is 342 g/mol. The molecule has 1 rings (SSSR count). The van der Waals surface area contributed by atoms with E-state index in [1.54, 1.807) is 0 Å². The van der Waals surface area contributed by atoms with Crippen molar-refractivity contribution in [2.24, 2.45) is 5.73 Å². The smallest absolute Gasteiger partial charge is 0.104 e. The quantitative estimate of drug-likeness (QED) is 0.740. The van der Waals surface area contributed by atoms with Crippen LogP contribution in [0.15, 0.2) is 22.7 Å². The minimum atomic E-state index is 0.441. The summed E-state index contributed by atoms with van der Waals surface area (Å²) in [5.74, 6) is 0. The van der Waals surface area contributed by atoms with Crippen LogP contribution in [-0.4, -0.2) is 17.6 Å². The summed E-state index contributed by atoms with van der Waals surface area (Å²) in [6, 6.07) is 6.65. The van der Waals surface area contributed by atoms with Crippen molar-refractivity contribution in [2.45, 2.75) is 46.1 Å². The Morgan fingerprint density at radius 1 is 1.42 bits per heavy atom. The molecule has 0 heterocycles. The molecule has 0 aromatic heterocycles. The van der Waals surface area contributed by atoms with E-state index >= 15 is 0 Å². The first-order valence-electron chi connectivity index (χ1n) is 6.87. The fourth-order valence-electron chi connectivity index (χ4n) is 2.02. The van der Waals surface area contributed by atoms with E-state index in [2.05, 4.69) is 47.7 Å². The van der Waals surface area contributed by atoms with Crippen molar-refractivity contribution < 1.29 is 0 Å². The number of unbranched alkanes of at least 4 members (excludes halogenated alkanes) is 1. The molecule has 2 N–H and O–H groups in total. The highest BCUT2D eigenvalue weighted by Crippen LogP contribution is 2.29. The number of nitrogens with two attached hydrogens (primary N) is 1. The molecule has 0 saturated carbocycles. The number of benzene rings is 1. The summed E-state index contributed by atoms with van der Waals surface area (Å²) in [5, 5.41) is 0. The van der Waals surface area contributed by atoms with Crippen LogP contribution in [0.5, 0.6) is 0 Å². The standard InChI is InChI=1S/C15H23BrN2S/c1-4-6-9-18(11(3)5-2)14-8-7-12(15(17)19)10-13(14)16/h7-8,10-11H,4-6,9H2,1-3H3,(H2,17,19). The Morgan fingerprint density at radius 2 is 2.11 bits per heavy atom. The second-order valence-corrected chi connectivity index (χ2v) is 6.13. The van der Waals surface area contributed by atoms with Gasteiger partial charge in [0.15, 0.2) is 0 Å². The van der Waals surface area contributed by atoms with E-state index in [1.807, 2.05) is 12.1 Å². The molecule has 0 fully saturated rings. The Bertz CT molecular complexity index is 434.